The molecule has 2 rings (SSSR count). The summed E-state index contributed by atoms with van der Waals surface area (Å²) in [5.74, 6) is 0.0576. The van der Waals surface area contributed by atoms with E-state index in [-0.39, 0.29) is 5.91 Å². The fourth-order valence-electron chi connectivity index (χ4n) is 2.57. The van der Waals surface area contributed by atoms with E-state index in [1.807, 2.05) is 31.3 Å². The maximum absolute atomic E-state index is 12.1. The third-order valence-electron chi connectivity index (χ3n) is 3.86. The lowest BCUT2D eigenvalue weighted by Gasteiger charge is -2.15. The second-order valence-electron chi connectivity index (χ2n) is 6.14. The predicted molar refractivity (Wildman–Crippen MR) is 94.7 cm³/mol. The van der Waals surface area contributed by atoms with Crippen LogP contribution in [0, 0.1) is 13.8 Å². The number of likely N-dealkylation sites (N-methyl/N-ethyl adjacent to an activating group) is 1. The van der Waals surface area contributed by atoms with E-state index in [0.717, 1.165) is 12.1 Å². The van der Waals surface area contributed by atoms with Crippen molar-refractivity contribution in [3.05, 3.63) is 69.7 Å². The van der Waals surface area contributed by atoms with Crippen LogP contribution in [0.1, 0.15) is 22.3 Å². The summed E-state index contributed by atoms with van der Waals surface area (Å²) >= 11 is 5.85. The Kier molecular flexibility index (Phi) is 6.20. The number of aryl methyl sites for hydroxylation is 2. The van der Waals surface area contributed by atoms with E-state index in [1.54, 1.807) is 0 Å². The van der Waals surface area contributed by atoms with Crippen molar-refractivity contribution in [2.24, 2.45) is 0 Å². The Morgan fingerprint density at radius 1 is 1.13 bits per heavy atom. The number of nitrogens with one attached hydrogen (secondary N) is 2. The molecule has 0 aliphatic rings. The van der Waals surface area contributed by atoms with Gasteiger partial charge in [0.25, 0.3) is 5.91 Å². The normalized spacial score (nSPS) is 12.0. The molecule has 0 aliphatic heterocycles. The molecule has 3 nitrogen and oxygen atoms in total. The molecule has 0 fully saturated rings. The first-order chi connectivity index (χ1) is 10.9. The van der Waals surface area contributed by atoms with E-state index < -0.39 is 0 Å². The minimum absolute atomic E-state index is 0.0576. The number of quaternary nitrogens is 1. The minimum atomic E-state index is 0.0576. The van der Waals surface area contributed by atoms with Crippen LogP contribution in [-0.2, 0) is 17.9 Å². The van der Waals surface area contributed by atoms with Crippen molar-refractivity contribution in [1.82, 2.24) is 5.32 Å². The van der Waals surface area contributed by atoms with Gasteiger partial charge in [-0.05, 0) is 37.1 Å². The molecule has 2 N–H and O–H groups in total. The Labute approximate surface area is 143 Å². The highest BCUT2D eigenvalue weighted by Gasteiger charge is 2.11. The molecular weight excluding hydrogens is 308 g/mol. The average Bonchev–Trinajstić information content (AvgIpc) is 2.49. The number of halogens is 1. The quantitative estimate of drug-likeness (QED) is 0.836. The van der Waals surface area contributed by atoms with Gasteiger partial charge in [-0.3, -0.25) is 4.79 Å². The molecule has 23 heavy (non-hydrogen) atoms. The number of hydrogen-bond acceptors (Lipinski definition) is 1. The van der Waals surface area contributed by atoms with Crippen molar-refractivity contribution in [1.29, 1.82) is 0 Å². The largest absolute Gasteiger partial charge is 0.347 e. The third kappa shape index (κ3) is 5.70. The van der Waals surface area contributed by atoms with E-state index in [9.17, 15) is 4.79 Å². The summed E-state index contributed by atoms with van der Waals surface area (Å²) in [4.78, 5) is 13.2. The number of benzene rings is 2. The molecular formula is C19H24ClN2O+. The first-order valence-electron chi connectivity index (χ1n) is 7.82. The molecule has 4 heteroatoms. The van der Waals surface area contributed by atoms with Gasteiger partial charge in [-0.15, -0.1) is 0 Å². The van der Waals surface area contributed by atoms with E-state index >= 15 is 0 Å². The topological polar surface area (TPSA) is 33.5 Å². The minimum Gasteiger partial charge on any atom is -0.347 e. The molecule has 2 aromatic rings. The molecule has 0 spiro atoms. The van der Waals surface area contributed by atoms with Crippen molar-refractivity contribution in [3.63, 3.8) is 0 Å². The lowest BCUT2D eigenvalue weighted by Crippen LogP contribution is -3.08. The molecule has 0 aliphatic carbocycles. The molecule has 0 heterocycles. The first kappa shape index (κ1) is 17.5. The predicted octanol–water partition coefficient (Wildman–Crippen LogP) is 2.29. The van der Waals surface area contributed by atoms with E-state index in [1.165, 1.54) is 21.6 Å². The fourth-order valence-corrected chi connectivity index (χ4v) is 2.70. The van der Waals surface area contributed by atoms with Crippen molar-refractivity contribution >= 4 is 17.5 Å². The van der Waals surface area contributed by atoms with Crippen molar-refractivity contribution < 1.29 is 9.69 Å². The number of carbonyl (C=O) groups is 1. The molecule has 2 aromatic carbocycles. The van der Waals surface area contributed by atoms with Gasteiger partial charge >= 0.3 is 0 Å². The molecule has 122 valence electrons. The highest BCUT2D eigenvalue weighted by molar-refractivity contribution is 6.30. The standard InChI is InChI=1S/C19H23ClN2O/c1-14-4-7-17(15(2)10-14)12-22(3)13-19(23)21-11-16-5-8-18(20)9-6-16/h4-10H,11-13H2,1-3H3,(H,21,23)/p+1. The second kappa shape index (κ2) is 8.14. The van der Waals surface area contributed by atoms with Gasteiger partial charge in [-0.2, -0.15) is 0 Å². The molecule has 0 radical (unpaired) electrons. The lowest BCUT2D eigenvalue weighted by atomic mass is 10.1. The van der Waals surface area contributed by atoms with E-state index in [2.05, 4.69) is 37.4 Å². The van der Waals surface area contributed by atoms with Crippen LogP contribution in [0.5, 0.6) is 0 Å². The van der Waals surface area contributed by atoms with E-state index in [4.69, 9.17) is 11.6 Å². The van der Waals surface area contributed by atoms with Crippen LogP contribution in [0.2, 0.25) is 5.02 Å². The summed E-state index contributed by atoms with van der Waals surface area (Å²) in [5.41, 5.74) is 4.89. The van der Waals surface area contributed by atoms with Gasteiger partial charge in [-0.25, -0.2) is 0 Å². The summed E-state index contributed by atoms with van der Waals surface area (Å²) in [5, 5.41) is 3.66. The van der Waals surface area contributed by atoms with Crippen molar-refractivity contribution in [3.8, 4) is 0 Å². The molecule has 0 aromatic heterocycles. The highest BCUT2D eigenvalue weighted by atomic mass is 35.5. The van der Waals surface area contributed by atoms with Gasteiger partial charge < -0.3 is 10.2 Å². The number of rotatable bonds is 6. The molecule has 1 amide bonds. The van der Waals surface area contributed by atoms with Crippen LogP contribution in [0.4, 0.5) is 0 Å². The SMILES string of the molecule is Cc1ccc(C[NH+](C)CC(=O)NCc2ccc(Cl)cc2)c(C)c1. The Morgan fingerprint density at radius 2 is 1.83 bits per heavy atom. The van der Waals surface area contributed by atoms with Gasteiger partial charge in [0, 0.05) is 17.1 Å². The Hall–Kier alpha value is -1.84. The second-order valence-corrected chi connectivity index (χ2v) is 6.58. The van der Waals surface area contributed by atoms with Crippen molar-refractivity contribution in [2.45, 2.75) is 26.9 Å². The van der Waals surface area contributed by atoms with Crippen LogP contribution in [0.3, 0.4) is 0 Å². The van der Waals surface area contributed by atoms with Crippen LogP contribution in [0.15, 0.2) is 42.5 Å². The maximum Gasteiger partial charge on any atom is 0.275 e. The Bertz CT molecular complexity index is 668. The van der Waals surface area contributed by atoms with E-state index in [0.29, 0.717) is 18.1 Å². The highest BCUT2D eigenvalue weighted by Crippen LogP contribution is 2.09. The third-order valence-corrected chi connectivity index (χ3v) is 4.11. The summed E-state index contributed by atoms with van der Waals surface area (Å²) in [6, 6.07) is 14.0. The zero-order valence-corrected chi connectivity index (χ0v) is 14.7. The fraction of sp³-hybridized carbons (Fsp3) is 0.316. The van der Waals surface area contributed by atoms with Crippen LogP contribution in [-0.4, -0.2) is 19.5 Å². The summed E-state index contributed by atoms with van der Waals surface area (Å²) in [6.07, 6.45) is 0. The van der Waals surface area contributed by atoms with Gasteiger partial charge in [0.05, 0.1) is 7.05 Å². The molecule has 0 bridgehead atoms. The zero-order valence-electron chi connectivity index (χ0n) is 13.9. The maximum atomic E-state index is 12.1. The van der Waals surface area contributed by atoms with Gasteiger partial charge in [0.15, 0.2) is 6.54 Å². The molecule has 0 saturated carbocycles. The Balaban J connectivity index is 1.81. The smallest absolute Gasteiger partial charge is 0.275 e. The summed E-state index contributed by atoms with van der Waals surface area (Å²) in [7, 11) is 2.04. The van der Waals surface area contributed by atoms with Gasteiger partial charge in [0.2, 0.25) is 0 Å². The Morgan fingerprint density at radius 3 is 2.48 bits per heavy atom. The van der Waals surface area contributed by atoms with Crippen LogP contribution >= 0.6 is 11.6 Å². The monoisotopic (exact) mass is 331 g/mol. The first-order valence-corrected chi connectivity index (χ1v) is 8.20. The number of amides is 1. The number of hydrogen-bond donors (Lipinski definition) is 2. The molecule has 0 saturated heterocycles. The molecule has 1 atom stereocenters. The molecule has 1 unspecified atom stereocenters. The zero-order chi connectivity index (χ0) is 16.8. The summed E-state index contributed by atoms with van der Waals surface area (Å²) in [6.45, 7) is 6.06. The van der Waals surface area contributed by atoms with Crippen LogP contribution in [0.25, 0.3) is 0 Å². The average molecular weight is 332 g/mol. The summed E-state index contributed by atoms with van der Waals surface area (Å²) < 4.78 is 0. The lowest BCUT2D eigenvalue weighted by molar-refractivity contribution is -0.885. The van der Waals surface area contributed by atoms with Gasteiger partial charge in [0.1, 0.15) is 6.54 Å². The van der Waals surface area contributed by atoms with Crippen molar-refractivity contribution in [2.75, 3.05) is 13.6 Å². The number of carbonyl (C=O) groups excluding carboxylic acids is 1. The van der Waals surface area contributed by atoms with Crippen LogP contribution < -0.4 is 10.2 Å². The van der Waals surface area contributed by atoms with Gasteiger partial charge in [-0.1, -0.05) is 47.5 Å².